The summed E-state index contributed by atoms with van der Waals surface area (Å²) in [5, 5.41) is 10.8. The van der Waals surface area contributed by atoms with E-state index < -0.39 is 0 Å². The molecule has 3 atom stereocenters. The fraction of sp³-hybridized carbons (Fsp3) is 0.368. The molecule has 0 aromatic heterocycles. The molecule has 0 radical (unpaired) electrons. The molecule has 118 valence electrons. The lowest BCUT2D eigenvalue weighted by molar-refractivity contribution is 0.389. The van der Waals surface area contributed by atoms with E-state index in [0.717, 1.165) is 17.4 Å². The third-order valence-corrected chi connectivity index (χ3v) is 5.46. The number of nitrogens with one attached hydrogen (secondary N) is 2. The Kier molecular flexibility index (Phi) is 4.00. The van der Waals surface area contributed by atoms with Crippen LogP contribution in [0.15, 0.2) is 47.6 Å². The second-order valence-corrected chi connectivity index (χ2v) is 7.10. The Morgan fingerprint density at radius 1 is 1.09 bits per heavy atom. The van der Waals surface area contributed by atoms with Gasteiger partial charge < -0.3 is 5.32 Å². The molecule has 4 heteroatoms. The van der Waals surface area contributed by atoms with Crippen LogP contribution in [0.3, 0.4) is 0 Å². The number of fused-ring (bicyclic) bond motifs is 3. The molecule has 0 aliphatic heterocycles. The second-order valence-electron chi connectivity index (χ2n) is 6.69. The molecule has 0 heterocycles. The highest BCUT2D eigenvalue weighted by Gasteiger charge is 2.39. The Labute approximate surface area is 142 Å². The number of hydrazone groups is 1. The molecule has 2 aliphatic rings. The van der Waals surface area contributed by atoms with Gasteiger partial charge >= 0.3 is 0 Å². The van der Waals surface area contributed by atoms with Gasteiger partial charge in [-0.2, -0.15) is 5.10 Å². The van der Waals surface area contributed by atoms with Gasteiger partial charge in [-0.25, -0.2) is 0 Å². The quantitative estimate of drug-likeness (QED) is 0.512. The summed E-state index contributed by atoms with van der Waals surface area (Å²) in [4.78, 5) is 0. The Morgan fingerprint density at radius 2 is 1.96 bits per heavy atom. The van der Waals surface area contributed by atoms with Gasteiger partial charge in [0, 0.05) is 11.6 Å². The zero-order valence-electron chi connectivity index (χ0n) is 13.0. The maximum atomic E-state index is 5.38. The summed E-state index contributed by atoms with van der Waals surface area (Å²) in [7, 11) is 0. The summed E-state index contributed by atoms with van der Waals surface area (Å²) >= 11 is 5.38. The van der Waals surface area contributed by atoms with Gasteiger partial charge in [-0.1, -0.05) is 48.9 Å². The number of benzene rings is 2. The standard InChI is InChI=1S/C19H21N3S/c23-19(21-18-11-13-8-9-15(18)10-13)22-20-12-16-6-3-5-14-4-1-2-7-17(14)16/h1-7,12-13,15,18H,8-11H2,(H2,21,22,23)/b20-12-/t13-,15-,18-/m0/s1. The van der Waals surface area contributed by atoms with Gasteiger partial charge in [-0.05, 0) is 54.1 Å². The number of hydrogen-bond acceptors (Lipinski definition) is 2. The Hall–Kier alpha value is -1.94. The summed E-state index contributed by atoms with van der Waals surface area (Å²) in [5.74, 6) is 1.72. The van der Waals surface area contributed by atoms with Crippen molar-refractivity contribution in [3.05, 3.63) is 48.0 Å². The van der Waals surface area contributed by atoms with Crippen LogP contribution in [0.2, 0.25) is 0 Å². The van der Waals surface area contributed by atoms with Crippen molar-refractivity contribution >= 4 is 34.3 Å². The topological polar surface area (TPSA) is 36.4 Å². The van der Waals surface area contributed by atoms with Crippen molar-refractivity contribution < 1.29 is 0 Å². The third kappa shape index (κ3) is 3.08. The van der Waals surface area contributed by atoms with Gasteiger partial charge in [0.2, 0.25) is 0 Å². The molecule has 0 unspecified atom stereocenters. The molecule has 2 bridgehead atoms. The lowest BCUT2D eigenvalue weighted by Crippen LogP contribution is -2.42. The summed E-state index contributed by atoms with van der Waals surface area (Å²) < 4.78 is 0. The summed E-state index contributed by atoms with van der Waals surface area (Å²) in [5.41, 5.74) is 4.07. The van der Waals surface area contributed by atoms with Crippen LogP contribution in [0.5, 0.6) is 0 Å². The molecule has 0 saturated heterocycles. The molecule has 0 spiro atoms. The first-order valence-electron chi connectivity index (χ1n) is 8.37. The molecule has 2 aliphatic carbocycles. The highest BCUT2D eigenvalue weighted by atomic mass is 32.1. The van der Waals surface area contributed by atoms with Gasteiger partial charge in [0.25, 0.3) is 0 Å². The molecule has 2 saturated carbocycles. The smallest absolute Gasteiger partial charge is 0.187 e. The minimum absolute atomic E-state index is 0.543. The molecule has 2 fully saturated rings. The number of rotatable bonds is 3. The van der Waals surface area contributed by atoms with Crippen molar-refractivity contribution in [2.45, 2.75) is 31.7 Å². The largest absolute Gasteiger partial charge is 0.358 e. The van der Waals surface area contributed by atoms with E-state index in [9.17, 15) is 0 Å². The van der Waals surface area contributed by atoms with Crippen LogP contribution in [0, 0.1) is 11.8 Å². The first kappa shape index (κ1) is 14.6. The highest BCUT2D eigenvalue weighted by Crippen LogP contribution is 2.44. The zero-order chi connectivity index (χ0) is 15.6. The van der Waals surface area contributed by atoms with E-state index >= 15 is 0 Å². The van der Waals surface area contributed by atoms with Crippen LogP contribution in [0.25, 0.3) is 10.8 Å². The van der Waals surface area contributed by atoms with Crippen LogP contribution in [-0.4, -0.2) is 17.4 Å². The van der Waals surface area contributed by atoms with Gasteiger partial charge in [0.1, 0.15) is 0 Å². The maximum absolute atomic E-state index is 5.38. The van der Waals surface area contributed by atoms with Gasteiger partial charge in [-0.3, -0.25) is 5.43 Å². The highest BCUT2D eigenvalue weighted by molar-refractivity contribution is 7.80. The predicted octanol–water partition coefficient (Wildman–Crippen LogP) is 3.83. The van der Waals surface area contributed by atoms with Crippen molar-refractivity contribution in [3.8, 4) is 0 Å². The summed E-state index contributed by atoms with van der Waals surface area (Å²) in [6.45, 7) is 0. The molecular weight excluding hydrogens is 302 g/mol. The Bertz CT molecular complexity index is 750. The van der Waals surface area contributed by atoms with Crippen molar-refractivity contribution in [2.75, 3.05) is 0 Å². The minimum Gasteiger partial charge on any atom is -0.358 e. The zero-order valence-corrected chi connectivity index (χ0v) is 13.9. The monoisotopic (exact) mass is 323 g/mol. The van der Waals surface area contributed by atoms with Crippen molar-refractivity contribution in [2.24, 2.45) is 16.9 Å². The number of thiocarbonyl (C=S) groups is 1. The Balaban J connectivity index is 1.38. The average Bonchev–Trinajstić information content (AvgIpc) is 3.18. The van der Waals surface area contributed by atoms with Crippen LogP contribution >= 0.6 is 12.2 Å². The molecule has 2 aromatic carbocycles. The number of hydrogen-bond donors (Lipinski definition) is 2. The summed E-state index contributed by atoms with van der Waals surface area (Å²) in [6.07, 6.45) is 7.24. The van der Waals surface area contributed by atoms with Crippen LogP contribution in [0.4, 0.5) is 0 Å². The lowest BCUT2D eigenvalue weighted by Gasteiger charge is -2.23. The van der Waals surface area contributed by atoms with E-state index in [0.29, 0.717) is 11.2 Å². The van der Waals surface area contributed by atoms with E-state index in [2.05, 4.69) is 58.3 Å². The lowest BCUT2D eigenvalue weighted by atomic mass is 9.96. The summed E-state index contributed by atoms with van der Waals surface area (Å²) in [6, 6.07) is 15.1. The van der Waals surface area contributed by atoms with Crippen molar-refractivity contribution in [1.29, 1.82) is 0 Å². The van der Waals surface area contributed by atoms with Gasteiger partial charge in [-0.15, -0.1) is 0 Å². The van der Waals surface area contributed by atoms with Crippen molar-refractivity contribution in [3.63, 3.8) is 0 Å². The van der Waals surface area contributed by atoms with Crippen molar-refractivity contribution in [1.82, 2.24) is 10.7 Å². The Morgan fingerprint density at radius 3 is 2.78 bits per heavy atom. The first-order chi connectivity index (χ1) is 11.3. The van der Waals surface area contributed by atoms with E-state index in [1.165, 1.54) is 36.5 Å². The van der Waals surface area contributed by atoms with Crippen LogP contribution in [-0.2, 0) is 0 Å². The first-order valence-corrected chi connectivity index (χ1v) is 8.78. The predicted molar refractivity (Wildman–Crippen MR) is 99.6 cm³/mol. The third-order valence-electron chi connectivity index (χ3n) is 5.25. The SMILES string of the molecule is S=C(N/N=C\c1cccc2ccccc12)N[C@H]1C[C@H]2CC[C@H]1C2. The molecule has 2 aromatic rings. The molecule has 23 heavy (non-hydrogen) atoms. The molecule has 4 rings (SSSR count). The normalized spacial score (nSPS) is 26.0. The minimum atomic E-state index is 0.543. The maximum Gasteiger partial charge on any atom is 0.187 e. The fourth-order valence-corrected chi connectivity index (χ4v) is 4.35. The van der Waals surface area contributed by atoms with Gasteiger partial charge in [0.05, 0.1) is 6.21 Å². The van der Waals surface area contributed by atoms with E-state index in [1.54, 1.807) is 0 Å². The molecular formula is C19H21N3S. The fourth-order valence-electron chi connectivity index (χ4n) is 4.15. The van der Waals surface area contributed by atoms with E-state index in [4.69, 9.17) is 12.2 Å². The van der Waals surface area contributed by atoms with Crippen LogP contribution in [0.1, 0.15) is 31.2 Å². The van der Waals surface area contributed by atoms with Crippen LogP contribution < -0.4 is 10.7 Å². The number of nitrogens with zero attached hydrogens (tertiary/aromatic N) is 1. The molecule has 2 N–H and O–H groups in total. The molecule has 0 amide bonds. The van der Waals surface area contributed by atoms with E-state index in [-0.39, 0.29) is 0 Å². The average molecular weight is 323 g/mol. The molecule has 3 nitrogen and oxygen atoms in total. The van der Waals surface area contributed by atoms with E-state index in [1.807, 2.05) is 6.21 Å². The van der Waals surface area contributed by atoms with Gasteiger partial charge in [0.15, 0.2) is 5.11 Å². The second kappa shape index (κ2) is 6.28.